The van der Waals surface area contributed by atoms with Crippen molar-refractivity contribution < 1.29 is 13.2 Å². The molecule has 0 fully saturated rings. The van der Waals surface area contributed by atoms with Crippen LogP contribution in [0, 0.1) is 18.3 Å². The lowest BCUT2D eigenvalue weighted by Crippen LogP contribution is -2.28. The Hall–Kier alpha value is -2.92. The van der Waals surface area contributed by atoms with E-state index in [1.54, 1.807) is 18.2 Å². The van der Waals surface area contributed by atoms with Gasteiger partial charge >= 0.3 is 6.18 Å². The molecular weight excluding hydrogens is 447 g/mol. The van der Waals surface area contributed by atoms with E-state index in [9.17, 15) is 23.2 Å². The smallest absolute Gasteiger partial charge is 0.302 e. The number of nitriles is 1. The van der Waals surface area contributed by atoms with Crippen molar-refractivity contribution in [2.45, 2.75) is 66.6 Å². The Labute approximate surface area is 196 Å². The Morgan fingerprint density at radius 3 is 2.30 bits per heavy atom. The van der Waals surface area contributed by atoms with Crippen molar-refractivity contribution in [2.24, 2.45) is 0 Å². The molecule has 0 unspecified atom stereocenters. The molecule has 0 aliphatic rings. The molecule has 3 aromatic rings. The highest BCUT2D eigenvalue weighted by Crippen LogP contribution is 2.34. The van der Waals surface area contributed by atoms with E-state index >= 15 is 0 Å². The van der Waals surface area contributed by atoms with Crippen LogP contribution in [-0.4, -0.2) is 9.55 Å². The molecule has 0 aliphatic heterocycles. The van der Waals surface area contributed by atoms with E-state index in [1.807, 2.05) is 26.8 Å². The van der Waals surface area contributed by atoms with Crippen molar-refractivity contribution in [2.75, 3.05) is 0 Å². The summed E-state index contributed by atoms with van der Waals surface area (Å²) in [7, 11) is 0. The quantitative estimate of drug-likeness (QED) is 0.410. The van der Waals surface area contributed by atoms with Crippen LogP contribution >= 0.6 is 11.3 Å². The van der Waals surface area contributed by atoms with E-state index < -0.39 is 22.9 Å². The third kappa shape index (κ3) is 6.11. The predicted octanol–water partition coefficient (Wildman–Crippen LogP) is 6.76. The average molecular weight is 476 g/mol. The Morgan fingerprint density at radius 2 is 1.79 bits per heavy atom. The van der Waals surface area contributed by atoms with Gasteiger partial charge in [-0.15, -0.1) is 11.3 Å². The summed E-state index contributed by atoms with van der Waals surface area (Å²) in [6.45, 7) is 10.1. The molecule has 0 amide bonds. The summed E-state index contributed by atoms with van der Waals surface area (Å²) in [5.74, 6) is 0. The van der Waals surface area contributed by atoms with Gasteiger partial charge in [0.2, 0.25) is 0 Å². The van der Waals surface area contributed by atoms with Crippen molar-refractivity contribution in [1.82, 2.24) is 9.55 Å². The standard InChI is InChI=1S/C22H20F3N3OS.C3H8/c1-4-17-19(30-20(5-2)27-17)12-28-18(14-8-6-7-13(3)9-14)10-16(22(23,24)25)15(11-26)21(28)29;1-3-2/h6-10H,4-5,12H2,1-3H3;3H2,1-2H3. The normalized spacial score (nSPS) is 11.0. The van der Waals surface area contributed by atoms with Gasteiger partial charge in [0, 0.05) is 4.88 Å². The number of alkyl halides is 3. The highest BCUT2D eigenvalue weighted by Gasteiger charge is 2.36. The van der Waals surface area contributed by atoms with Crippen LogP contribution < -0.4 is 5.56 Å². The molecule has 3 rings (SSSR count). The van der Waals surface area contributed by atoms with Gasteiger partial charge in [-0.25, -0.2) is 4.98 Å². The van der Waals surface area contributed by atoms with E-state index in [-0.39, 0.29) is 12.2 Å². The van der Waals surface area contributed by atoms with Gasteiger partial charge in [-0.05, 0) is 37.5 Å². The number of benzene rings is 1. The van der Waals surface area contributed by atoms with E-state index in [2.05, 4.69) is 18.8 Å². The second kappa shape index (κ2) is 11.3. The third-order valence-corrected chi connectivity index (χ3v) is 6.02. The number of aryl methyl sites for hydroxylation is 3. The maximum Gasteiger partial charge on any atom is 0.417 e. The first-order valence-electron chi connectivity index (χ1n) is 10.9. The van der Waals surface area contributed by atoms with Crippen molar-refractivity contribution in [3.8, 4) is 17.3 Å². The Balaban J connectivity index is 0.00000122. The molecule has 0 saturated heterocycles. The third-order valence-electron chi connectivity index (χ3n) is 4.79. The fraction of sp³-hybridized carbons (Fsp3) is 0.400. The minimum absolute atomic E-state index is 0.0652. The van der Waals surface area contributed by atoms with E-state index in [0.717, 1.165) is 33.6 Å². The largest absolute Gasteiger partial charge is 0.417 e. The van der Waals surface area contributed by atoms with Gasteiger partial charge in [0.25, 0.3) is 5.56 Å². The Bertz CT molecular complexity index is 1200. The lowest BCUT2D eigenvalue weighted by atomic mass is 10.0. The van der Waals surface area contributed by atoms with Crippen molar-refractivity contribution in [1.29, 1.82) is 5.26 Å². The summed E-state index contributed by atoms with van der Waals surface area (Å²) in [5, 5.41) is 10.2. The number of pyridine rings is 1. The molecule has 0 atom stereocenters. The van der Waals surface area contributed by atoms with E-state index in [4.69, 9.17) is 0 Å². The molecule has 2 heterocycles. The molecule has 33 heavy (non-hydrogen) atoms. The summed E-state index contributed by atoms with van der Waals surface area (Å²) in [6.07, 6.45) is -2.18. The van der Waals surface area contributed by atoms with Crippen LogP contribution in [0.1, 0.15) is 66.4 Å². The molecule has 176 valence electrons. The lowest BCUT2D eigenvalue weighted by Gasteiger charge is -2.18. The molecule has 0 N–H and O–H groups in total. The zero-order valence-corrected chi connectivity index (χ0v) is 20.3. The first-order valence-corrected chi connectivity index (χ1v) is 11.7. The second-order valence-electron chi connectivity index (χ2n) is 7.58. The number of hydrogen-bond acceptors (Lipinski definition) is 4. The van der Waals surface area contributed by atoms with E-state index in [0.29, 0.717) is 12.0 Å². The maximum atomic E-state index is 13.6. The summed E-state index contributed by atoms with van der Waals surface area (Å²) in [6, 6.07) is 9.31. The zero-order valence-electron chi connectivity index (χ0n) is 19.5. The molecule has 1 aromatic carbocycles. The van der Waals surface area contributed by atoms with Crippen LogP contribution in [0.15, 0.2) is 35.1 Å². The predicted molar refractivity (Wildman–Crippen MR) is 127 cm³/mol. The van der Waals surface area contributed by atoms with Crippen LogP contribution in [0.2, 0.25) is 0 Å². The summed E-state index contributed by atoms with van der Waals surface area (Å²) >= 11 is 1.44. The first kappa shape index (κ1) is 26.3. The number of halogens is 3. The molecule has 4 nitrogen and oxygen atoms in total. The van der Waals surface area contributed by atoms with Gasteiger partial charge in [0.1, 0.15) is 11.6 Å². The van der Waals surface area contributed by atoms with Crippen molar-refractivity contribution in [3.63, 3.8) is 0 Å². The second-order valence-corrected chi connectivity index (χ2v) is 8.75. The number of rotatable bonds is 5. The maximum absolute atomic E-state index is 13.6. The minimum Gasteiger partial charge on any atom is -0.302 e. The monoisotopic (exact) mass is 475 g/mol. The summed E-state index contributed by atoms with van der Waals surface area (Å²) in [5.41, 5.74) is -0.766. The average Bonchev–Trinajstić information content (AvgIpc) is 3.16. The SMILES string of the molecule is CCC.CCc1nc(CC)c(Cn2c(-c3cccc(C)c3)cc(C(F)(F)F)c(C#N)c2=O)s1. The van der Waals surface area contributed by atoms with Crippen LogP contribution in [0.4, 0.5) is 13.2 Å². The molecule has 0 saturated carbocycles. The Morgan fingerprint density at radius 1 is 1.12 bits per heavy atom. The van der Waals surface area contributed by atoms with Crippen molar-refractivity contribution in [3.05, 3.63) is 73.0 Å². The number of nitrogens with zero attached hydrogens (tertiary/aromatic N) is 3. The topological polar surface area (TPSA) is 58.7 Å². The first-order chi connectivity index (χ1) is 15.6. The fourth-order valence-electron chi connectivity index (χ4n) is 3.31. The molecule has 8 heteroatoms. The van der Waals surface area contributed by atoms with Crippen molar-refractivity contribution >= 4 is 11.3 Å². The molecular formula is C25H28F3N3OS. The number of hydrogen-bond donors (Lipinski definition) is 0. The van der Waals surface area contributed by atoms with Gasteiger partial charge in [0.15, 0.2) is 0 Å². The van der Waals surface area contributed by atoms with Crippen LogP contribution in [-0.2, 0) is 25.6 Å². The van der Waals surface area contributed by atoms with Gasteiger partial charge in [0.05, 0.1) is 28.5 Å². The fourth-order valence-corrected chi connectivity index (χ4v) is 4.40. The van der Waals surface area contributed by atoms with E-state index in [1.165, 1.54) is 28.4 Å². The number of aromatic nitrogens is 2. The summed E-state index contributed by atoms with van der Waals surface area (Å²) in [4.78, 5) is 18.4. The van der Waals surface area contributed by atoms with Crippen LogP contribution in [0.3, 0.4) is 0 Å². The van der Waals surface area contributed by atoms with Gasteiger partial charge < -0.3 is 4.57 Å². The lowest BCUT2D eigenvalue weighted by molar-refractivity contribution is -0.137. The van der Waals surface area contributed by atoms with Crippen LogP contribution in [0.25, 0.3) is 11.3 Å². The Kier molecular flexibility index (Phi) is 9.00. The molecule has 0 spiro atoms. The molecule has 0 bridgehead atoms. The highest BCUT2D eigenvalue weighted by molar-refractivity contribution is 7.11. The molecule has 2 aromatic heterocycles. The van der Waals surface area contributed by atoms with Gasteiger partial charge in [-0.3, -0.25) is 4.79 Å². The van der Waals surface area contributed by atoms with Gasteiger partial charge in [-0.1, -0.05) is 57.9 Å². The molecule has 0 radical (unpaired) electrons. The number of thiazole rings is 1. The van der Waals surface area contributed by atoms with Gasteiger partial charge in [-0.2, -0.15) is 18.4 Å². The molecule has 0 aliphatic carbocycles. The summed E-state index contributed by atoms with van der Waals surface area (Å²) < 4.78 is 42.1. The minimum atomic E-state index is -4.81. The zero-order chi connectivity index (χ0) is 24.8. The van der Waals surface area contributed by atoms with Crippen LogP contribution in [0.5, 0.6) is 0 Å². The highest BCUT2D eigenvalue weighted by atomic mass is 32.1.